The number of fused-ring (bicyclic) bond motifs is 1. The Morgan fingerprint density at radius 1 is 1.45 bits per heavy atom. The lowest BCUT2D eigenvalue weighted by Gasteiger charge is -2.30. The molecule has 11 heteroatoms. The molecule has 0 radical (unpaired) electrons. The SMILES string of the molecule is CCOc1ccc2nc(NC(=O)[C@H]3CCCN(S(=O)(=O)c4cnc[nH]4)C3)sc2c1. The number of ether oxygens (including phenoxy) is 1. The third kappa shape index (κ3) is 4.11. The number of amides is 1. The summed E-state index contributed by atoms with van der Waals surface area (Å²) in [4.78, 5) is 23.6. The number of nitrogens with zero attached hydrogens (tertiary/aromatic N) is 3. The van der Waals surface area contributed by atoms with Crippen molar-refractivity contribution in [3.05, 3.63) is 30.7 Å². The maximum atomic E-state index is 12.8. The molecule has 2 N–H and O–H groups in total. The second-order valence-corrected chi connectivity index (χ2v) is 9.63. The molecule has 2 aromatic heterocycles. The maximum absolute atomic E-state index is 12.8. The highest BCUT2D eigenvalue weighted by atomic mass is 32.2. The monoisotopic (exact) mass is 435 g/mol. The summed E-state index contributed by atoms with van der Waals surface area (Å²) in [5, 5.41) is 3.37. The fourth-order valence-corrected chi connectivity index (χ4v) is 5.64. The Morgan fingerprint density at radius 3 is 3.07 bits per heavy atom. The Balaban J connectivity index is 1.46. The molecule has 0 aliphatic carbocycles. The minimum Gasteiger partial charge on any atom is -0.494 e. The van der Waals surface area contributed by atoms with E-state index in [2.05, 4.69) is 20.3 Å². The van der Waals surface area contributed by atoms with Gasteiger partial charge in [0.05, 0.1) is 35.3 Å². The number of nitrogens with one attached hydrogen (secondary N) is 2. The highest BCUT2D eigenvalue weighted by Gasteiger charge is 2.34. The van der Waals surface area contributed by atoms with Crippen molar-refractivity contribution in [1.82, 2.24) is 19.3 Å². The number of thiazole rings is 1. The van der Waals surface area contributed by atoms with Gasteiger partial charge >= 0.3 is 0 Å². The molecule has 1 fully saturated rings. The van der Waals surface area contributed by atoms with E-state index in [1.165, 1.54) is 28.2 Å². The lowest BCUT2D eigenvalue weighted by atomic mass is 9.99. The molecule has 1 aliphatic rings. The first-order chi connectivity index (χ1) is 14.0. The molecule has 1 aromatic carbocycles. The van der Waals surface area contributed by atoms with Gasteiger partial charge in [-0.05, 0) is 38.0 Å². The first kappa shape index (κ1) is 19.8. The van der Waals surface area contributed by atoms with Crippen LogP contribution in [0.25, 0.3) is 10.2 Å². The molecular formula is C18H21N5O4S2. The molecule has 29 heavy (non-hydrogen) atoms. The first-order valence-electron chi connectivity index (χ1n) is 9.30. The zero-order chi connectivity index (χ0) is 20.4. The molecule has 1 amide bonds. The standard InChI is InChI=1S/C18H21N5O4S2/c1-2-27-13-5-6-14-15(8-13)28-18(21-14)22-17(24)12-4-3-7-23(10-12)29(25,26)16-9-19-11-20-16/h5-6,8-9,11-12H,2-4,7,10H2,1H3,(H,19,20)(H,21,22,24)/t12-/m0/s1. The largest absolute Gasteiger partial charge is 0.494 e. The molecule has 9 nitrogen and oxygen atoms in total. The van der Waals surface area contributed by atoms with E-state index in [1.54, 1.807) is 0 Å². The number of carbonyl (C=O) groups is 1. The number of rotatable bonds is 6. The van der Waals surface area contributed by atoms with Crippen LogP contribution in [0.1, 0.15) is 19.8 Å². The minimum atomic E-state index is -3.68. The highest BCUT2D eigenvalue weighted by molar-refractivity contribution is 7.89. The normalized spacial score (nSPS) is 18.0. The van der Waals surface area contributed by atoms with E-state index in [9.17, 15) is 13.2 Å². The van der Waals surface area contributed by atoms with Crippen LogP contribution in [-0.4, -0.2) is 53.3 Å². The van der Waals surface area contributed by atoms with Gasteiger partial charge in [0.15, 0.2) is 10.2 Å². The van der Waals surface area contributed by atoms with Gasteiger partial charge in [-0.1, -0.05) is 11.3 Å². The van der Waals surface area contributed by atoms with E-state index in [0.29, 0.717) is 31.1 Å². The molecule has 3 aromatic rings. The number of hydrogen-bond acceptors (Lipinski definition) is 7. The van der Waals surface area contributed by atoms with Crippen molar-refractivity contribution in [3.8, 4) is 5.75 Å². The molecule has 1 aliphatic heterocycles. The Morgan fingerprint density at radius 2 is 2.31 bits per heavy atom. The number of anilines is 1. The molecule has 0 spiro atoms. The lowest BCUT2D eigenvalue weighted by Crippen LogP contribution is -2.43. The average Bonchev–Trinajstić information content (AvgIpc) is 3.38. The Bertz CT molecular complexity index is 1110. The number of aromatic nitrogens is 3. The first-order valence-corrected chi connectivity index (χ1v) is 11.6. The number of hydrogen-bond donors (Lipinski definition) is 2. The van der Waals surface area contributed by atoms with Crippen molar-refractivity contribution in [1.29, 1.82) is 0 Å². The maximum Gasteiger partial charge on any atom is 0.260 e. The average molecular weight is 436 g/mol. The van der Waals surface area contributed by atoms with Gasteiger partial charge in [0.2, 0.25) is 5.91 Å². The number of piperidine rings is 1. The van der Waals surface area contributed by atoms with Crippen LogP contribution in [0.3, 0.4) is 0 Å². The molecule has 1 saturated heterocycles. The van der Waals surface area contributed by atoms with Gasteiger partial charge in [-0.15, -0.1) is 0 Å². The second-order valence-electron chi connectivity index (χ2n) is 6.69. The zero-order valence-electron chi connectivity index (χ0n) is 15.8. The molecule has 4 rings (SSSR count). The molecule has 1 atom stereocenters. The van der Waals surface area contributed by atoms with Crippen LogP contribution in [-0.2, 0) is 14.8 Å². The summed E-state index contributed by atoms with van der Waals surface area (Å²) in [7, 11) is -3.68. The zero-order valence-corrected chi connectivity index (χ0v) is 17.4. The van der Waals surface area contributed by atoms with Gasteiger partial charge in [0.25, 0.3) is 10.0 Å². The summed E-state index contributed by atoms with van der Waals surface area (Å²) in [5.74, 6) is 0.0968. The highest BCUT2D eigenvalue weighted by Crippen LogP contribution is 2.30. The lowest BCUT2D eigenvalue weighted by molar-refractivity contribution is -0.120. The molecule has 0 unspecified atom stereocenters. The van der Waals surface area contributed by atoms with Crippen molar-refractivity contribution in [2.45, 2.75) is 24.8 Å². The van der Waals surface area contributed by atoms with Gasteiger partial charge in [-0.3, -0.25) is 4.79 Å². The third-order valence-corrected chi connectivity index (χ3v) is 7.47. The summed E-state index contributed by atoms with van der Waals surface area (Å²) in [5.41, 5.74) is 0.779. The molecule has 0 saturated carbocycles. The summed E-state index contributed by atoms with van der Waals surface area (Å²) in [6, 6.07) is 5.59. The summed E-state index contributed by atoms with van der Waals surface area (Å²) in [6.07, 6.45) is 3.84. The van der Waals surface area contributed by atoms with E-state index in [0.717, 1.165) is 16.0 Å². The Kier molecular flexibility index (Phi) is 5.52. The van der Waals surface area contributed by atoms with Crippen LogP contribution in [0.4, 0.5) is 5.13 Å². The van der Waals surface area contributed by atoms with E-state index in [1.807, 2.05) is 25.1 Å². The minimum absolute atomic E-state index is 0.0369. The van der Waals surface area contributed by atoms with E-state index >= 15 is 0 Å². The number of benzene rings is 1. The van der Waals surface area contributed by atoms with Crippen LogP contribution < -0.4 is 10.1 Å². The number of sulfonamides is 1. The fraction of sp³-hybridized carbons (Fsp3) is 0.389. The third-order valence-electron chi connectivity index (χ3n) is 4.75. The number of H-pyrrole nitrogens is 1. The van der Waals surface area contributed by atoms with Gasteiger partial charge in [-0.25, -0.2) is 18.4 Å². The topological polar surface area (TPSA) is 117 Å². The van der Waals surface area contributed by atoms with E-state index in [-0.39, 0.29) is 17.5 Å². The number of imidazole rings is 1. The Hall–Kier alpha value is -2.50. The van der Waals surface area contributed by atoms with Crippen molar-refractivity contribution in [2.24, 2.45) is 5.92 Å². The molecule has 0 bridgehead atoms. The second kappa shape index (κ2) is 8.09. The van der Waals surface area contributed by atoms with Crippen LogP contribution in [0.2, 0.25) is 0 Å². The van der Waals surface area contributed by atoms with E-state index < -0.39 is 15.9 Å². The van der Waals surface area contributed by atoms with Crippen molar-refractivity contribution < 1.29 is 17.9 Å². The molecule has 154 valence electrons. The van der Waals surface area contributed by atoms with Gasteiger partial charge < -0.3 is 15.0 Å². The number of aromatic amines is 1. The smallest absolute Gasteiger partial charge is 0.260 e. The van der Waals surface area contributed by atoms with E-state index in [4.69, 9.17) is 4.74 Å². The van der Waals surface area contributed by atoms with Crippen LogP contribution in [0.5, 0.6) is 5.75 Å². The van der Waals surface area contributed by atoms with Crippen LogP contribution in [0, 0.1) is 5.92 Å². The van der Waals surface area contributed by atoms with Crippen molar-refractivity contribution >= 4 is 42.6 Å². The van der Waals surface area contributed by atoms with Crippen LogP contribution >= 0.6 is 11.3 Å². The van der Waals surface area contributed by atoms with Gasteiger partial charge in [-0.2, -0.15) is 4.31 Å². The van der Waals surface area contributed by atoms with Gasteiger partial charge in [0.1, 0.15) is 5.75 Å². The summed E-state index contributed by atoms with van der Waals surface area (Å²) in [6.45, 7) is 3.01. The molecule has 3 heterocycles. The summed E-state index contributed by atoms with van der Waals surface area (Å²) >= 11 is 1.37. The van der Waals surface area contributed by atoms with Crippen LogP contribution in [0.15, 0.2) is 35.7 Å². The predicted molar refractivity (Wildman–Crippen MR) is 109 cm³/mol. The molecular weight excluding hydrogens is 414 g/mol. The fourth-order valence-electron chi connectivity index (χ4n) is 3.32. The predicted octanol–water partition coefficient (Wildman–Crippen LogP) is 2.46. The quantitative estimate of drug-likeness (QED) is 0.614. The summed E-state index contributed by atoms with van der Waals surface area (Å²) < 4.78 is 33.1. The number of carbonyl (C=O) groups excluding carboxylic acids is 1. The van der Waals surface area contributed by atoms with Gasteiger partial charge in [0, 0.05) is 13.1 Å². The van der Waals surface area contributed by atoms with Crippen molar-refractivity contribution in [2.75, 3.05) is 25.0 Å². The Labute approximate surface area is 172 Å². The van der Waals surface area contributed by atoms with Crippen molar-refractivity contribution in [3.63, 3.8) is 0 Å².